The largest absolute Gasteiger partial charge is 0.494 e. The summed E-state index contributed by atoms with van der Waals surface area (Å²) in [5.41, 5.74) is 0.234. The molecule has 17 heavy (non-hydrogen) atoms. The number of ether oxygens (including phenoxy) is 1. The van der Waals surface area contributed by atoms with Crippen molar-refractivity contribution < 1.29 is 24.1 Å². The van der Waals surface area contributed by atoms with Gasteiger partial charge >= 0.3 is 5.97 Å². The van der Waals surface area contributed by atoms with Gasteiger partial charge in [0.15, 0.2) is 11.6 Å². The molecule has 0 heterocycles. The molecule has 0 saturated heterocycles. The third-order valence-corrected chi connectivity index (χ3v) is 2.66. The number of carboxylic acids is 1. The molecule has 0 aliphatic rings. The third kappa shape index (κ3) is 2.94. The van der Waals surface area contributed by atoms with Crippen molar-refractivity contribution in [3.63, 3.8) is 0 Å². The number of benzene rings is 1. The first-order valence-electron chi connectivity index (χ1n) is 5.25. The highest BCUT2D eigenvalue weighted by molar-refractivity contribution is 5.71. The monoisotopic (exact) mass is 242 g/mol. The summed E-state index contributed by atoms with van der Waals surface area (Å²) in [6, 6.07) is 3.91. The van der Waals surface area contributed by atoms with Crippen LogP contribution >= 0.6 is 0 Å². The van der Waals surface area contributed by atoms with Crippen LogP contribution in [-0.4, -0.2) is 23.3 Å². The van der Waals surface area contributed by atoms with Gasteiger partial charge in [-0.2, -0.15) is 0 Å². The van der Waals surface area contributed by atoms with Crippen molar-refractivity contribution in [1.29, 1.82) is 0 Å². The Balaban J connectivity index is 2.99. The molecule has 0 aliphatic heterocycles. The van der Waals surface area contributed by atoms with Gasteiger partial charge in [0.25, 0.3) is 0 Å². The molecular weight excluding hydrogens is 227 g/mol. The average molecular weight is 242 g/mol. The molecule has 0 fully saturated rings. The fraction of sp³-hybridized carbons (Fsp3) is 0.417. The molecule has 0 bridgehead atoms. The molecule has 0 spiro atoms. The van der Waals surface area contributed by atoms with Crippen LogP contribution in [0.4, 0.5) is 4.39 Å². The Bertz CT molecular complexity index is 405. The predicted molar refractivity (Wildman–Crippen MR) is 59.3 cm³/mol. The zero-order valence-corrected chi connectivity index (χ0v) is 9.68. The van der Waals surface area contributed by atoms with Crippen molar-refractivity contribution in [2.24, 2.45) is 5.92 Å². The molecule has 1 aromatic carbocycles. The van der Waals surface area contributed by atoms with Gasteiger partial charge in [0.1, 0.15) is 0 Å². The highest BCUT2D eigenvalue weighted by Gasteiger charge is 2.26. The van der Waals surface area contributed by atoms with Crippen molar-refractivity contribution in [1.82, 2.24) is 0 Å². The standard InChI is InChI=1S/C12H15FO4/c1-3-8(12(15)16)11(14)7-4-5-10(17-2)9(13)6-7/h4-6,8,11,14H,3H2,1-2H3,(H,15,16). The number of carboxylic acid groups (broad SMARTS) is 1. The lowest BCUT2D eigenvalue weighted by molar-refractivity contribution is -0.146. The smallest absolute Gasteiger partial charge is 0.309 e. The highest BCUT2D eigenvalue weighted by atomic mass is 19.1. The van der Waals surface area contributed by atoms with Crippen LogP contribution in [0.25, 0.3) is 0 Å². The minimum atomic E-state index is -1.22. The molecule has 2 N–H and O–H groups in total. The van der Waals surface area contributed by atoms with E-state index in [0.717, 1.165) is 6.07 Å². The van der Waals surface area contributed by atoms with E-state index in [2.05, 4.69) is 0 Å². The summed E-state index contributed by atoms with van der Waals surface area (Å²) in [4.78, 5) is 10.9. The first-order valence-corrected chi connectivity index (χ1v) is 5.25. The van der Waals surface area contributed by atoms with Gasteiger partial charge in [-0.25, -0.2) is 4.39 Å². The third-order valence-electron chi connectivity index (χ3n) is 2.66. The number of hydrogen-bond acceptors (Lipinski definition) is 3. The SMILES string of the molecule is CCC(C(=O)O)C(O)c1ccc(OC)c(F)c1. The number of halogens is 1. The van der Waals surface area contributed by atoms with E-state index in [1.54, 1.807) is 6.92 Å². The summed E-state index contributed by atoms with van der Waals surface area (Å²) in [6.07, 6.45) is -0.956. The number of rotatable bonds is 5. The summed E-state index contributed by atoms with van der Waals surface area (Å²) in [5.74, 6) is -2.60. The Kier molecular flexibility index (Phi) is 4.45. The van der Waals surface area contributed by atoms with Gasteiger partial charge in [-0.3, -0.25) is 4.79 Å². The van der Waals surface area contributed by atoms with E-state index in [0.29, 0.717) is 0 Å². The van der Waals surface area contributed by atoms with Crippen LogP contribution in [0, 0.1) is 11.7 Å². The van der Waals surface area contributed by atoms with Crippen molar-refractivity contribution in [3.8, 4) is 5.75 Å². The van der Waals surface area contributed by atoms with Gasteiger partial charge < -0.3 is 14.9 Å². The van der Waals surface area contributed by atoms with Crippen LogP contribution in [0.3, 0.4) is 0 Å². The first kappa shape index (κ1) is 13.4. The summed E-state index contributed by atoms with van der Waals surface area (Å²) in [5, 5.41) is 18.7. The maximum absolute atomic E-state index is 13.4. The topological polar surface area (TPSA) is 66.8 Å². The Morgan fingerprint density at radius 1 is 1.53 bits per heavy atom. The molecule has 94 valence electrons. The van der Waals surface area contributed by atoms with Crippen molar-refractivity contribution >= 4 is 5.97 Å². The van der Waals surface area contributed by atoms with Gasteiger partial charge in [-0.1, -0.05) is 13.0 Å². The lowest BCUT2D eigenvalue weighted by Gasteiger charge is -2.18. The molecule has 2 unspecified atom stereocenters. The van der Waals surface area contributed by atoms with Crippen LogP contribution in [0.5, 0.6) is 5.75 Å². The van der Waals surface area contributed by atoms with Gasteiger partial charge in [-0.15, -0.1) is 0 Å². The lowest BCUT2D eigenvalue weighted by atomic mass is 9.93. The normalized spacial score (nSPS) is 14.1. The number of aliphatic hydroxyl groups is 1. The Morgan fingerprint density at radius 3 is 2.59 bits per heavy atom. The first-order chi connectivity index (χ1) is 8.01. The molecule has 0 aromatic heterocycles. The number of carbonyl (C=O) groups is 1. The molecule has 0 aliphatic carbocycles. The maximum Gasteiger partial charge on any atom is 0.309 e. The summed E-state index contributed by atoms with van der Waals surface area (Å²) < 4.78 is 18.1. The fourth-order valence-corrected chi connectivity index (χ4v) is 1.63. The van der Waals surface area contributed by atoms with Crippen molar-refractivity contribution in [2.75, 3.05) is 7.11 Å². The molecular formula is C12H15FO4. The zero-order valence-electron chi connectivity index (χ0n) is 9.68. The van der Waals surface area contributed by atoms with Crippen LogP contribution in [0.15, 0.2) is 18.2 Å². The van der Waals surface area contributed by atoms with E-state index in [1.807, 2.05) is 0 Å². The van der Waals surface area contributed by atoms with Crippen LogP contribution in [0.1, 0.15) is 25.0 Å². The molecule has 0 saturated carbocycles. The quantitative estimate of drug-likeness (QED) is 0.828. The fourth-order valence-electron chi connectivity index (χ4n) is 1.63. The van der Waals surface area contributed by atoms with Gasteiger partial charge in [0, 0.05) is 0 Å². The predicted octanol–water partition coefficient (Wildman–Crippen LogP) is 1.98. The summed E-state index contributed by atoms with van der Waals surface area (Å²) >= 11 is 0. The van der Waals surface area contributed by atoms with Crippen LogP contribution < -0.4 is 4.74 Å². The van der Waals surface area contributed by atoms with Crippen molar-refractivity contribution in [3.05, 3.63) is 29.6 Å². The number of aliphatic hydroxyl groups excluding tert-OH is 1. The van der Waals surface area contributed by atoms with Gasteiger partial charge in [-0.05, 0) is 24.1 Å². The maximum atomic E-state index is 13.4. The van der Waals surface area contributed by atoms with Crippen LogP contribution in [0.2, 0.25) is 0 Å². The van der Waals surface area contributed by atoms with E-state index in [-0.39, 0.29) is 17.7 Å². The Morgan fingerprint density at radius 2 is 2.18 bits per heavy atom. The number of methoxy groups -OCH3 is 1. The summed E-state index contributed by atoms with van der Waals surface area (Å²) in [7, 11) is 1.33. The second-order valence-electron chi connectivity index (χ2n) is 3.69. The molecule has 0 amide bonds. The minimum absolute atomic E-state index is 0.0596. The Labute approximate surface area is 98.7 Å². The van der Waals surface area contributed by atoms with Gasteiger partial charge in [0.05, 0.1) is 19.1 Å². The molecule has 0 radical (unpaired) electrons. The average Bonchev–Trinajstić information content (AvgIpc) is 2.29. The van der Waals surface area contributed by atoms with Crippen molar-refractivity contribution in [2.45, 2.75) is 19.4 Å². The Hall–Kier alpha value is -1.62. The molecule has 4 nitrogen and oxygen atoms in total. The zero-order chi connectivity index (χ0) is 13.0. The molecule has 5 heteroatoms. The van der Waals surface area contributed by atoms with Gasteiger partial charge in [0.2, 0.25) is 0 Å². The number of hydrogen-bond donors (Lipinski definition) is 2. The van der Waals surface area contributed by atoms with E-state index >= 15 is 0 Å². The van der Waals surface area contributed by atoms with Crippen LogP contribution in [-0.2, 0) is 4.79 Å². The minimum Gasteiger partial charge on any atom is -0.494 e. The van der Waals surface area contributed by atoms with E-state index in [9.17, 15) is 14.3 Å². The van der Waals surface area contributed by atoms with E-state index in [4.69, 9.17) is 9.84 Å². The molecule has 1 aromatic rings. The second kappa shape index (κ2) is 5.63. The molecule has 1 rings (SSSR count). The second-order valence-corrected chi connectivity index (χ2v) is 3.69. The van der Waals surface area contributed by atoms with E-state index in [1.165, 1.54) is 19.2 Å². The summed E-state index contributed by atoms with van der Waals surface area (Å²) in [6.45, 7) is 1.65. The number of aliphatic carboxylic acids is 1. The molecule has 2 atom stereocenters. The highest BCUT2D eigenvalue weighted by Crippen LogP contribution is 2.28. The lowest BCUT2D eigenvalue weighted by Crippen LogP contribution is -2.21. The van der Waals surface area contributed by atoms with E-state index < -0.39 is 23.8 Å².